The van der Waals surface area contributed by atoms with Crippen LogP contribution in [0, 0.1) is 0 Å². The van der Waals surface area contributed by atoms with Crippen LogP contribution in [0.4, 0.5) is 5.82 Å². The van der Waals surface area contributed by atoms with E-state index in [9.17, 15) is 4.79 Å². The fraction of sp³-hybridized carbons (Fsp3) is 0.579. The molecule has 0 radical (unpaired) electrons. The summed E-state index contributed by atoms with van der Waals surface area (Å²) in [4.78, 5) is 12.5. The van der Waals surface area contributed by atoms with E-state index in [0.29, 0.717) is 19.0 Å². The monoisotopic (exact) mass is 355 g/mol. The molecule has 4 rings (SSSR count). The van der Waals surface area contributed by atoms with Crippen LogP contribution < -0.4 is 10.9 Å². The van der Waals surface area contributed by atoms with Gasteiger partial charge in [0, 0.05) is 11.5 Å². The molecule has 3 heterocycles. The van der Waals surface area contributed by atoms with E-state index in [1.54, 1.807) is 10.7 Å². The van der Waals surface area contributed by atoms with E-state index in [2.05, 4.69) is 41.4 Å². The second-order valence-corrected chi connectivity index (χ2v) is 8.16. The molecule has 0 aromatic carbocycles. The van der Waals surface area contributed by atoms with Gasteiger partial charge in [-0.2, -0.15) is 10.2 Å². The summed E-state index contributed by atoms with van der Waals surface area (Å²) in [5, 5.41) is 16.6. The molecule has 1 aliphatic carbocycles. The van der Waals surface area contributed by atoms with E-state index >= 15 is 0 Å². The van der Waals surface area contributed by atoms with Crippen LogP contribution in [0.3, 0.4) is 0 Å². The Labute approximate surface area is 152 Å². The summed E-state index contributed by atoms with van der Waals surface area (Å²) >= 11 is 0. The number of aromatic nitrogens is 4. The van der Waals surface area contributed by atoms with Crippen molar-refractivity contribution < 1.29 is 4.74 Å². The van der Waals surface area contributed by atoms with Gasteiger partial charge in [-0.15, -0.1) is 5.10 Å². The van der Waals surface area contributed by atoms with Crippen molar-refractivity contribution >= 4 is 5.82 Å². The van der Waals surface area contributed by atoms with Gasteiger partial charge in [0.25, 0.3) is 5.56 Å². The predicted octanol–water partition coefficient (Wildman–Crippen LogP) is 1.87. The van der Waals surface area contributed by atoms with Gasteiger partial charge in [-0.05, 0) is 37.0 Å². The molecule has 2 aromatic rings. The van der Waals surface area contributed by atoms with Gasteiger partial charge in [-0.25, -0.2) is 4.68 Å². The van der Waals surface area contributed by atoms with E-state index in [1.807, 2.05) is 12.1 Å². The average Bonchev–Trinajstić information content (AvgIpc) is 3.22. The number of hydrogen-bond acceptors (Lipinski definition) is 6. The normalized spacial score (nSPS) is 22.4. The van der Waals surface area contributed by atoms with Crippen molar-refractivity contribution in [2.75, 3.05) is 18.5 Å². The number of ether oxygens (including phenoxy) is 1. The van der Waals surface area contributed by atoms with Crippen LogP contribution in [0.15, 0.2) is 23.0 Å². The molecule has 138 valence electrons. The molecule has 0 spiro atoms. The number of nitrogens with zero attached hydrogens (tertiary/aromatic N) is 4. The highest BCUT2D eigenvalue weighted by Crippen LogP contribution is 2.24. The van der Waals surface area contributed by atoms with Crippen molar-refractivity contribution in [1.82, 2.24) is 20.0 Å². The quantitative estimate of drug-likeness (QED) is 0.905. The lowest BCUT2D eigenvalue weighted by Crippen LogP contribution is -2.38. The molecule has 7 nitrogen and oxygen atoms in total. The minimum absolute atomic E-state index is 0.0355. The molecule has 26 heavy (non-hydrogen) atoms. The van der Waals surface area contributed by atoms with Gasteiger partial charge < -0.3 is 10.1 Å². The Hall–Kier alpha value is -2.28. The number of hydrogen-bond donors (Lipinski definition) is 1. The number of fused-ring (bicyclic) bond motifs is 1. The molecule has 0 amide bonds. The molecule has 2 aromatic heterocycles. The Morgan fingerprint density at radius 2 is 2.04 bits per heavy atom. The fourth-order valence-corrected chi connectivity index (χ4v) is 3.57. The minimum Gasteiger partial charge on any atom is -0.377 e. The first-order valence-electron chi connectivity index (χ1n) is 9.22. The Bertz CT molecular complexity index is 854. The number of anilines is 1. The summed E-state index contributed by atoms with van der Waals surface area (Å²) in [7, 11) is 0. The van der Waals surface area contributed by atoms with Gasteiger partial charge in [-0.1, -0.05) is 20.8 Å². The second kappa shape index (κ2) is 6.46. The Morgan fingerprint density at radius 1 is 1.19 bits per heavy atom. The van der Waals surface area contributed by atoms with Gasteiger partial charge in [0.1, 0.15) is 11.9 Å². The van der Waals surface area contributed by atoms with Gasteiger partial charge in [-0.3, -0.25) is 4.79 Å². The predicted molar refractivity (Wildman–Crippen MR) is 98.5 cm³/mol. The second-order valence-electron chi connectivity index (χ2n) is 8.16. The number of nitrogens with one attached hydrogen (secondary N) is 1. The molecule has 2 unspecified atom stereocenters. The largest absolute Gasteiger partial charge is 0.377 e. The maximum atomic E-state index is 12.5. The minimum atomic E-state index is -0.141. The van der Waals surface area contributed by atoms with Crippen LogP contribution >= 0.6 is 0 Å². The lowest BCUT2D eigenvalue weighted by Gasteiger charge is -2.22. The van der Waals surface area contributed by atoms with Crippen molar-refractivity contribution in [2.24, 2.45) is 0 Å². The molecule has 1 N–H and O–H groups in total. The smallest absolute Gasteiger partial charge is 0.267 e. The van der Waals surface area contributed by atoms with Crippen molar-refractivity contribution in [3.05, 3.63) is 45.5 Å². The summed E-state index contributed by atoms with van der Waals surface area (Å²) in [6.07, 6.45) is 2.97. The highest BCUT2D eigenvalue weighted by molar-refractivity contribution is 5.36. The van der Waals surface area contributed by atoms with E-state index in [4.69, 9.17) is 4.74 Å². The lowest BCUT2D eigenvalue weighted by atomic mass is 9.92. The first kappa shape index (κ1) is 17.1. The molecule has 2 atom stereocenters. The van der Waals surface area contributed by atoms with E-state index in [1.165, 1.54) is 0 Å². The van der Waals surface area contributed by atoms with Crippen LogP contribution in [0.5, 0.6) is 0 Å². The SMILES string of the molecule is CC(C)(C)c1ccc(NC2COCC2n2nc3c(cc2=O)CCC3)nn1. The molecule has 7 heteroatoms. The Balaban J connectivity index is 1.55. The molecular weight excluding hydrogens is 330 g/mol. The zero-order valence-corrected chi connectivity index (χ0v) is 15.5. The third kappa shape index (κ3) is 3.23. The van der Waals surface area contributed by atoms with Gasteiger partial charge in [0.2, 0.25) is 0 Å². The van der Waals surface area contributed by atoms with Crippen LogP contribution in [-0.4, -0.2) is 39.2 Å². The molecular formula is C19H25N5O2. The topological polar surface area (TPSA) is 81.9 Å². The number of aryl methyl sites for hydroxylation is 2. The zero-order valence-electron chi connectivity index (χ0n) is 15.5. The highest BCUT2D eigenvalue weighted by atomic mass is 16.5. The molecule has 2 aliphatic rings. The van der Waals surface area contributed by atoms with Crippen molar-refractivity contribution in [3.63, 3.8) is 0 Å². The third-order valence-corrected chi connectivity index (χ3v) is 5.11. The van der Waals surface area contributed by atoms with Crippen LogP contribution in [0.2, 0.25) is 0 Å². The maximum Gasteiger partial charge on any atom is 0.267 e. The Kier molecular flexibility index (Phi) is 4.26. The summed E-state index contributed by atoms with van der Waals surface area (Å²) in [6, 6.07) is 5.46. The molecule has 0 bridgehead atoms. The van der Waals surface area contributed by atoms with Gasteiger partial charge in [0.05, 0.1) is 30.6 Å². The zero-order chi connectivity index (χ0) is 18.3. The van der Waals surface area contributed by atoms with E-state index < -0.39 is 0 Å². The summed E-state index contributed by atoms with van der Waals surface area (Å²) in [5.41, 5.74) is 3.00. The molecule has 0 saturated carbocycles. The lowest BCUT2D eigenvalue weighted by molar-refractivity contribution is 0.182. The van der Waals surface area contributed by atoms with Crippen LogP contribution in [0.25, 0.3) is 0 Å². The maximum absolute atomic E-state index is 12.5. The average molecular weight is 355 g/mol. The fourth-order valence-electron chi connectivity index (χ4n) is 3.57. The van der Waals surface area contributed by atoms with Crippen molar-refractivity contribution in [3.8, 4) is 0 Å². The first-order valence-corrected chi connectivity index (χ1v) is 9.22. The standard InChI is InChI=1S/C19H25N5O2/c1-19(2,3)16-7-8-17(22-21-16)20-14-10-26-11-15(14)24-18(25)9-12-5-4-6-13(12)23-24/h7-9,14-15H,4-6,10-11H2,1-3H3,(H,20,22). The molecule has 1 saturated heterocycles. The highest BCUT2D eigenvalue weighted by Gasteiger charge is 2.32. The van der Waals surface area contributed by atoms with E-state index in [0.717, 1.165) is 36.2 Å². The summed E-state index contributed by atoms with van der Waals surface area (Å²) in [5.74, 6) is 0.688. The van der Waals surface area contributed by atoms with Crippen LogP contribution in [0.1, 0.15) is 50.2 Å². The van der Waals surface area contributed by atoms with E-state index in [-0.39, 0.29) is 23.1 Å². The third-order valence-electron chi connectivity index (χ3n) is 5.11. The summed E-state index contributed by atoms with van der Waals surface area (Å²) < 4.78 is 7.23. The van der Waals surface area contributed by atoms with Gasteiger partial charge >= 0.3 is 0 Å². The van der Waals surface area contributed by atoms with Crippen molar-refractivity contribution in [1.29, 1.82) is 0 Å². The molecule has 1 aliphatic heterocycles. The van der Waals surface area contributed by atoms with Crippen LogP contribution in [-0.2, 0) is 23.0 Å². The first-order chi connectivity index (χ1) is 12.4. The number of rotatable bonds is 3. The molecule has 1 fully saturated rings. The van der Waals surface area contributed by atoms with Gasteiger partial charge in [0.15, 0.2) is 0 Å². The summed E-state index contributed by atoms with van der Waals surface area (Å²) in [6.45, 7) is 7.31. The van der Waals surface area contributed by atoms with Crippen molar-refractivity contribution in [2.45, 2.75) is 57.5 Å². The Morgan fingerprint density at radius 3 is 2.77 bits per heavy atom.